The molecule has 34 heavy (non-hydrogen) atoms. The predicted molar refractivity (Wildman–Crippen MR) is 136 cm³/mol. The average molecular weight is 493 g/mol. The number of halogens is 1. The van der Waals surface area contributed by atoms with Crippen molar-refractivity contribution in [3.8, 4) is 0 Å². The van der Waals surface area contributed by atoms with E-state index in [1.165, 1.54) is 9.47 Å². The van der Waals surface area contributed by atoms with Gasteiger partial charge in [-0.1, -0.05) is 37.9 Å². The van der Waals surface area contributed by atoms with E-state index in [2.05, 4.69) is 10.3 Å². The summed E-state index contributed by atoms with van der Waals surface area (Å²) in [5.41, 5.74) is 6.24. The molecule has 0 radical (unpaired) electrons. The summed E-state index contributed by atoms with van der Waals surface area (Å²) >= 11 is 6.01. The number of aromatic amines is 1. The van der Waals surface area contributed by atoms with Crippen molar-refractivity contribution in [3.05, 3.63) is 49.6 Å². The van der Waals surface area contributed by atoms with Crippen LogP contribution >= 0.6 is 11.6 Å². The lowest BCUT2D eigenvalue weighted by atomic mass is 10.2. The van der Waals surface area contributed by atoms with Crippen LogP contribution in [0.15, 0.2) is 27.8 Å². The first kappa shape index (κ1) is 27.1. The van der Waals surface area contributed by atoms with Crippen LogP contribution in [0.1, 0.15) is 39.2 Å². The van der Waals surface area contributed by atoms with Crippen molar-refractivity contribution in [2.24, 2.45) is 0 Å². The molecule has 0 aliphatic carbocycles. The van der Waals surface area contributed by atoms with Gasteiger partial charge in [-0.05, 0) is 44.5 Å². The maximum Gasteiger partial charge on any atom is 0.330 e. The number of amides is 2. The van der Waals surface area contributed by atoms with Crippen molar-refractivity contribution >= 4 is 40.6 Å². The molecule has 0 fully saturated rings. The monoisotopic (exact) mass is 492 g/mol. The van der Waals surface area contributed by atoms with Gasteiger partial charge < -0.3 is 16.0 Å². The van der Waals surface area contributed by atoms with Crippen LogP contribution in [-0.2, 0) is 16.1 Å². The van der Waals surface area contributed by atoms with E-state index in [0.717, 1.165) is 12.0 Å². The summed E-state index contributed by atoms with van der Waals surface area (Å²) in [6, 6.07) is 5.21. The van der Waals surface area contributed by atoms with Gasteiger partial charge in [-0.2, -0.15) is 0 Å². The third-order valence-corrected chi connectivity index (χ3v) is 5.72. The quantitative estimate of drug-likeness (QED) is 0.440. The lowest BCUT2D eigenvalue weighted by molar-refractivity contribution is -0.121. The third-order valence-electron chi connectivity index (χ3n) is 5.48. The Balaban J connectivity index is 2.19. The molecule has 0 saturated heterocycles. The zero-order chi connectivity index (χ0) is 25.4. The van der Waals surface area contributed by atoms with Gasteiger partial charge in [-0.3, -0.25) is 28.8 Å². The molecule has 2 amide bonds. The van der Waals surface area contributed by atoms with Crippen LogP contribution in [0.3, 0.4) is 0 Å². The van der Waals surface area contributed by atoms with Gasteiger partial charge in [0.1, 0.15) is 5.82 Å². The van der Waals surface area contributed by atoms with Crippen LogP contribution < -0.4 is 27.2 Å². The topological polar surface area (TPSA) is 134 Å². The fourth-order valence-corrected chi connectivity index (χ4v) is 3.69. The molecule has 4 N–H and O–H groups in total. The van der Waals surface area contributed by atoms with Crippen molar-refractivity contribution in [1.29, 1.82) is 0 Å². The molecule has 1 heterocycles. The van der Waals surface area contributed by atoms with E-state index >= 15 is 0 Å². The van der Waals surface area contributed by atoms with Crippen molar-refractivity contribution < 1.29 is 9.59 Å². The van der Waals surface area contributed by atoms with Crippen LogP contribution in [0.25, 0.3) is 0 Å². The van der Waals surface area contributed by atoms with Gasteiger partial charge in [0.05, 0.1) is 13.1 Å². The molecular weight excluding hydrogens is 460 g/mol. The summed E-state index contributed by atoms with van der Waals surface area (Å²) in [4.78, 5) is 55.6. The molecule has 11 heteroatoms. The molecule has 0 atom stereocenters. The maximum absolute atomic E-state index is 13.1. The minimum Gasteiger partial charge on any atom is -0.383 e. The Bertz CT molecular complexity index is 1140. The van der Waals surface area contributed by atoms with Gasteiger partial charge in [0.2, 0.25) is 11.8 Å². The summed E-state index contributed by atoms with van der Waals surface area (Å²) in [5, 5.41) is 3.32. The van der Waals surface area contributed by atoms with Gasteiger partial charge in [0, 0.05) is 23.8 Å². The number of unbranched alkanes of at least 4 members (excludes halogenated alkanes) is 1. The number of nitrogens with two attached hydrogens (primary N) is 1. The number of likely N-dealkylation sites (N-methyl/N-ethyl adjacent to an activating group) is 2. The number of aryl methyl sites for hydroxylation is 1. The first-order chi connectivity index (χ1) is 16.1. The summed E-state index contributed by atoms with van der Waals surface area (Å²) in [6.07, 6.45) is 1.53. The Hall–Kier alpha value is -3.11. The SMILES string of the molecule is CCCCn1c(N)c(N(CC)C(=O)CN(CC)CC(=O)Nc2cc(Cl)ccc2C)c(=O)[nH]c1=O. The number of nitrogens with one attached hydrogen (secondary N) is 2. The Kier molecular flexibility index (Phi) is 9.88. The number of hydrogen-bond acceptors (Lipinski definition) is 6. The maximum atomic E-state index is 13.1. The second-order valence-corrected chi connectivity index (χ2v) is 8.38. The number of benzene rings is 1. The van der Waals surface area contributed by atoms with Crippen LogP contribution in [0.4, 0.5) is 17.2 Å². The van der Waals surface area contributed by atoms with Crippen molar-refractivity contribution in [1.82, 2.24) is 14.5 Å². The van der Waals surface area contributed by atoms with Crippen LogP contribution in [0, 0.1) is 6.92 Å². The molecule has 0 spiro atoms. The minimum atomic E-state index is -0.720. The van der Waals surface area contributed by atoms with Crippen molar-refractivity contribution in [3.63, 3.8) is 0 Å². The Morgan fingerprint density at radius 2 is 1.85 bits per heavy atom. The number of nitrogen functional groups attached to an aromatic ring is 1. The number of anilines is 3. The molecule has 2 aromatic rings. The summed E-state index contributed by atoms with van der Waals surface area (Å²) in [7, 11) is 0. The number of carbonyl (C=O) groups is 2. The molecule has 10 nitrogen and oxygen atoms in total. The Morgan fingerprint density at radius 3 is 2.47 bits per heavy atom. The predicted octanol–water partition coefficient (Wildman–Crippen LogP) is 2.19. The molecule has 186 valence electrons. The molecule has 0 unspecified atom stereocenters. The highest BCUT2D eigenvalue weighted by molar-refractivity contribution is 6.31. The van der Waals surface area contributed by atoms with E-state index in [1.54, 1.807) is 30.0 Å². The van der Waals surface area contributed by atoms with Crippen LogP contribution in [0.5, 0.6) is 0 Å². The third kappa shape index (κ3) is 6.71. The number of rotatable bonds is 11. The summed E-state index contributed by atoms with van der Waals surface area (Å²) in [6.45, 7) is 8.15. The van der Waals surface area contributed by atoms with Gasteiger partial charge in [0.15, 0.2) is 5.69 Å². The fourth-order valence-electron chi connectivity index (χ4n) is 3.51. The van der Waals surface area contributed by atoms with Crippen LogP contribution in [0.2, 0.25) is 5.02 Å². The highest BCUT2D eigenvalue weighted by Gasteiger charge is 2.25. The first-order valence-electron chi connectivity index (χ1n) is 11.3. The molecular formula is C23H33ClN6O4. The van der Waals surface area contributed by atoms with E-state index in [4.69, 9.17) is 17.3 Å². The first-order valence-corrected chi connectivity index (χ1v) is 11.7. The molecule has 1 aromatic carbocycles. The molecule has 0 bridgehead atoms. The molecule has 1 aromatic heterocycles. The molecule has 2 rings (SSSR count). The Morgan fingerprint density at radius 1 is 1.15 bits per heavy atom. The van der Waals surface area contributed by atoms with Gasteiger partial charge in [0.25, 0.3) is 5.56 Å². The van der Waals surface area contributed by atoms with E-state index in [9.17, 15) is 19.2 Å². The smallest absolute Gasteiger partial charge is 0.330 e. The zero-order valence-corrected chi connectivity index (χ0v) is 20.9. The standard InChI is InChI=1S/C23H33ClN6O4/c1-5-8-11-30-21(25)20(22(33)27-23(30)34)29(7-3)19(32)14-28(6-2)13-18(31)26-17-12-16(24)10-9-15(17)4/h9-10,12H,5-8,11,13-14,25H2,1-4H3,(H,26,31)(H,27,33,34). The van der Waals surface area contributed by atoms with Gasteiger partial charge >= 0.3 is 5.69 Å². The number of carbonyl (C=O) groups excluding carboxylic acids is 2. The highest BCUT2D eigenvalue weighted by Crippen LogP contribution is 2.20. The normalized spacial score (nSPS) is 11.0. The number of nitrogens with zero attached hydrogens (tertiary/aromatic N) is 3. The second kappa shape index (κ2) is 12.4. The lowest BCUT2D eigenvalue weighted by Crippen LogP contribution is -2.46. The summed E-state index contributed by atoms with van der Waals surface area (Å²) in [5.74, 6) is -0.753. The number of aromatic nitrogens is 2. The number of H-pyrrole nitrogens is 1. The van der Waals surface area contributed by atoms with Crippen LogP contribution in [-0.4, -0.2) is 52.4 Å². The van der Waals surface area contributed by atoms with Crippen molar-refractivity contribution in [2.45, 2.75) is 47.1 Å². The van der Waals surface area contributed by atoms with E-state index < -0.39 is 17.2 Å². The van der Waals surface area contributed by atoms with Gasteiger partial charge in [-0.25, -0.2) is 4.79 Å². The minimum absolute atomic E-state index is 0.0341. The van der Waals surface area contributed by atoms with Gasteiger partial charge in [-0.15, -0.1) is 0 Å². The number of hydrogen-bond donors (Lipinski definition) is 3. The fraction of sp³-hybridized carbons (Fsp3) is 0.478. The zero-order valence-electron chi connectivity index (χ0n) is 20.1. The summed E-state index contributed by atoms with van der Waals surface area (Å²) < 4.78 is 1.27. The van der Waals surface area contributed by atoms with E-state index in [1.807, 2.05) is 20.8 Å². The Labute approximate surface area is 203 Å². The average Bonchev–Trinajstić information content (AvgIpc) is 2.78. The van der Waals surface area contributed by atoms with E-state index in [-0.39, 0.29) is 37.0 Å². The largest absolute Gasteiger partial charge is 0.383 e. The highest BCUT2D eigenvalue weighted by atomic mass is 35.5. The van der Waals surface area contributed by atoms with Crippen molar-refractivity contribution in [2.75, 3.05) is 42.1 Å². The second-order valence-electron chi connectivity index (χ2n) is 7.95. The molecule has 0 aliphatic heterocycles. The lowest BCUT2D eigenvalue weighted by Gasteiger charge is -2.26. The molecule has 0 aliphatic rings. The van der Waals surface area contributed by atoms with E-state index in [0.29, 0.717) is 30.2 Å². The molecule has 0 saturated carbocycles.